The predicted octanol–water partition coefficient (Wildman–Crippen LogP) is 3.38. The predicted molar refractivity (Wildman–Crippen MR) is 98.2 cm³/mol. The van der Waals surface area contributed by atoms with Crippen LogP contribution in [0.15, 0.2) is 24.3 Å². The Hall–Kier alpha value is -2.60. The summed E-state index contributed by atoms with van der Waals surface area (Å²) in [6, 6.07) is 7.49. The fourth-order valence-electron chi connectivity index (χ4n) is 4.18. The lowest BCUT2D eigenvalue weighted by Crippen LogP contribution is -2.54. The van der Waals surface area contributed by atoms with E-state index in [1.807, 2.05) is 13.0 Å². The molecule has 2 fully saturated rings. The topological polar surface area (TPSA) is 76.4 Å². The number of benzene rings is 1. The summed E-state index contributed by atoms with van der Waals surface area (Å²) in [6.45, 7) is 0.0845. The van der Waals surface area contributed by atoms with Crippen molar-refractivity contribution < 1.29 is 22.8 Å². The van der Waals surface area contributed by atoms with Gasteiger partial charge in [0.25, 0.3) is 5.91 Å². The van der Waals surface area contributed by atoms with Crippen molar-refractivity contribution >= 4 is 11.9 Å². The quantitative estimate of drug-likeness (QED) is 0.758. The van der Waals surface area contributed by atoms with Crippen LogP contribution >= 0.6 is 0 Å². The Kier molecular flexibility index (Phi) is 5.85. The summed E-state index contributed by atoms with van der Waals surface area (Å²) < 4.78 is 39.4. The van der Waals surface area contributed by atoms with E-state index in [4.69, 9.17) is 5.26 Å². The van der Waals surface area contributed by atoms with E-state index < -0.39 is 36.9 Å². The van der Waals surface area contributed by atoms with Crippen molar-refractivity contribution in [2.24, 2.45) is 5.92 Å². The smallest absolute Gasteiger partial charge is 0.323 e. The number of amides is 3. The molecule has 2 aliphatic rings. The van der Waals surface area contributed by atoms with Crippen LogP contribution in [0.25, 0.3) is 0 Å². The molecule has 1 aliphatic heterocycles. The van der Waals surface area contributed by atoms with Gasteiger partial charge in [-0.1, -0.05) is 31.9 Å². The number of hydrogen-bond acceptors (Lipinski definition) is 4. The normalized spacial score (nSPS) is 24.8. The number of nitrogens with zero attached hydrogens (tertiary/aromatic N) is 3. The molecule has 3 rings (SSSR count). The SMILES string of the molecule is C[C@H]1CCCC[C@]12NC(=O)N(CN(Cc1ccc(C#N)cc1)CC(F)(F)F)C2=O. The summed E-state index contributed by atoms with van der Waals surface area (Å²) in [5.41, 5.74) is -0.0484. The van der Waals surface area contributed by atoms with Gasteiger partial charge in [0, 0.05) is 6.54 Å². The molecular formula is C20H23F3N4O2. The molecule has 1 aromatic rings. The summed E-state index contributed by atoms with van der Waals surface area (Å²) in [5.74, 6) is -0.506. The molecule has 0 radical (unpaired) electrons. The monoisotopic (exact) mass is 408 g/mol. The summed E-state index contributed by atoms with van der Waals surface area (Å²) in [4.78, 5) is 27.4. The first-order chi connectivity index (χ1) is 13.6. The molecule has 1 spiro atoms. The van der Waals surface area contributed by atoms with Crippen molar-refractivity contribution in [2.75, 3.05) is 13.2 Å². The van der Waals surface area contributed by atoms with Gasteiger partial charge in [0.05, 0.1) is 24.8 Å². The molecule has 0 unspecified atom stereocenters. The van der Waals surface area contributed by atoms with Gasteiger partial charge in [-0.3, -0.25) is 9.69 Å². The van der Waals surface area contributed by atoms with Crippen LogP contribution in [0.5, 0.6) is 0 Å². The lowest BCUT2D eigenvalue weighted by atomic mass is 9.73. The Bertz CT molecular complexity index is 819. The molecule has 29 heavy (non-hydrogen) atoms. The number of nitrogens with one attached hydrogen (secondary N) is 1. The first kappa shape index (κ1) is 21.1. The highest BCUT2D eigenvalue weighted by Crippen LogP contribution is 2.38. The van der Waals surface area contributed by atoms with Gasteiger partial charge in [-0.2, -0.15) is 18.4 Å². The molecule has 0 aromatic heterocycles. The minimum atomic E-state index is -4.48. The number of rotatable bonds is 5. The maximum Gasteiger partial charge on any atom is 0.401 e. The molecule has 1 aliphatic carbocycles. The van der Waals surface area contributed by atoms with Crippen LogP contribution in [0, 0.1) is 17.2 Å². The minimum absolute atomic E-state index is 0.0627. The zero-order valence-corrected chi connectivity index (χ0v) is 16.1. The van der Waals surface area contributed by atoms with Crippen LogP contribution in [0.1, 0.15) is 43.7 Å². The maximum atomic E-state index is 13.1. The Balaban J connectivity index is 1.78. The first-order valence-corrected chi connectivity index (χ1v) is 9.57. The van der Waals surface area contributed by atoms with E-state index in [0.29, 0.717) is 17.5 Å². The van der Waals surface area contributed by atoms with Crippen molar-refractivity contribution in [1.82, 2.24) is 15.1 Å². The molecule has 1 aromatic carbocycles. The standard InChI is InChI=1S/C20H23F3N4O2/c1-14-4-2-3-9-19(14)17(28)27(18(29)25-19)13-26(12-20(21,22)23)11-16-7-5-15(10-24)6-8-16/h5-8,14H,2-4,9,11-13H2,1H3,(H,25,29)/t14-,19-/m0/s1. The van der Waals surface area contributed by atoms with E-state index in [9.17, 15) is 22.8 Å². The summed E-state index contributed by atoms with van der Waals surface area (Å²) >= 11 is 0. The van der Waals surface area contributed by atoms with Crippen LogP contribution in [0.2, 0.25) is 0 Å². The number of nitriles is 1. The third-order valence-corrected chi connectivity index (χ3v) is 5.73. The van der Waals surface area contributed by atoms with Gasteiger partial charge in [0.2, 0.25) is 0 Å². The molecule has 6 nitrogen and oxygen atoms in total. The molecule has 1 N–H and O–H groups in total. The largest absolute Gasteiger partial charge is 0.401 e. The Morgan fingerprint density at radius 1 is 1.28 bits per heavy atom. The molecule has 2 atom stereocenters. The fourth-order valence-corrected chi connectivity index (χ4v) is 4.18. The second kappa shape index (κ2) is 8.03. The molecule has 3 amide bonds. The third kappa shape index (κ3) is 4.53. The van der Waals surface area contributed by atoms with Crippen molar-refractivity contribution in [2.45, 2.75) is 50.9 Å². The Morgan fingerprint density at radius 3 is 2.55 bits per heavy atom. The first-order valence-electron chi connectivity index (χ1n) is 9.57. The highest BCUT2D eigenvalue weighted by molar-refractivity contribution is 6.07. The maximum absolute atomic E-state index is 13.1. The van der Waals surface area contributed by atoms with Gasteiger partial charge >= 0.3 is 12.2 Å². The molecular weight excluding hydrogens is 385 g/mol. The van der Waals surface area contributed by atoms with Crippen LogP contribution in [-0.4, -0.2) is 46.7 Å². The van der Waals surface area contributed by atoms with Crippen molar-refractivity contribution in [3.05, 3.63) is 35.4 Å². The molecule has 9 heteroatoms. The lowest BCUT2D eigenvalue weighted by Gasteiger charge is -2.37. The van der Waals surface area contributed by atoms with E-state index in [1.54, 1.807) is 12.1 Å². The van der Waals surface area contributed by atoms with Crippen molar-refractivity contribution in [3.8, 4) is 6.07 Å². The second-order valence-corrected chi connectivity index (χ2v) is 7.83. The molecule has 0 bridgehead atoms. The number of imide groups is 1. The van der Waals surface area contributed by atoms with E-state index in [0.717, 1.165) is 29.1 Å². The van der Waals surface area contributed by atoms with Gasteiger partial charge < -0.3 is 5.32 Å². The number of urea groups is 1. The minimum Gasteiger partial charge on any atom is -0.323 e. The Morgan fingerprint density at radius 2 is 1.97 bits per heavy atom. The highest BCUT2D eigenvalue weighted by Gasteiger charge is 2.55. The van der Waals surface area contributed by atoms with Gasteiger partial charge in [-0.15, -0.1) is 0 Å². The highest BCUT2D eigenvalue weighted by atomic mass is 19.4. The number of halogens is 3. The number of carbonyl (C=O) groups excluding carboxylic acids is 2. The molecule has 1 saturated carbocycles. The van der Waals surface area contributed by atoms with E-state index in [-0.39, 0.29) is 12.5 Å². The molecule has 156 valence electrons. The summed E-state index contributed by atoms with van der Waals surface area (Å²) in [5, 5.41) is 11.6. The number of hydrogen-bond donors (Lipinski definition) is 1. The van der Waals surface area contributed by atoms with Gasteiger partial charge in [-0.05, 0) is 36.5 Å². The van der Waals surface area contributed by atoms with Crippen LogP contribution in [0.4, 0.5) is 18.0 Å². The van der Waals surface area contributed by atoms with Gasteiger partial charge in [-0.25, -0.2) is 9.69 Å². The van der Waals surface area contributed by atoms with Crippen LogP contribution in [0.3, 0.4) is 0 Å². The van der Waals surface area contributed by atoms with Crippen LogP contribution < -0.4 is 5.32 Å². The summed E-state index contributed by atoms with van der Waals surface area (Å²) in [6.07, 6.45) is -1.43. The molecule has 1 heterocycles. The van der Waals surface area contributed by atoms with Crippen molar-refractivity contribution in [3.63, 3.8) is 0 Å². The fraction of sp³-hybridized carbons (Fsp3) is 0.550. The second-order valence-electron chi connectivity index (χ2n) is 7.83. The lowest BCUT2D eigenvalue weighted by molar-refractivity contribution is -0.154. The zero-order valence-electron chi connectivity index (χ0n) is 16.1. The van der Waals surface area contributed by atoms with Crippen molar-refractivity contribution in [1.29, 1.82) is 5.26 Å². The Labute approximate surface area is 167 Å². The zero-order chi connectivity index (χ0) is 21.2. The van der Waals surface area contributed by atoms with E-state index >= 15 is 0 Å². The average Bonchev–Trinajstić information content (AvgIpc) is 2.88. The van der Waals surface area contributed by atoms with Gasteiger partial charge in [0.15, 0.2) is 0 Å². The summed E-state index contributed by atoms with van der Waals surface area (Å²) in [7, 11) is 0. The van der Waals surface area contributed by atoms with E-state index in [2.05, 4.69) is 5.32 Å². The average molecular weight is 408 g/mol. The number of alkyl halides is 3. The molecule has 1 saturated heterocycles. The van der Waals surface area contributed by atoms with Gasteiger partial charge in [0.1, 0.15) is 5.54 Å². The van der Waals surface area contributed by atoms with E-state index in [1.165, 1.54) is 12.1 Å². The number of carbonyl (C=O) groups is 2. The third-order valence-electron chi connectivity index (χ3n) is 5.73. The van der Waals surface area contributed by atoms with Crippen LogP contribution in [-0.2, 0) is 11.3 Å².